The van der Waals surface area contributed by atoms with Gasteiger partial charge in [-0.3, -0.25) is 4.90 Å². The molecule has 3 rings (SSSR count). The van der Waals surface area contributed by atoms with Crippen LogP contribution in [0.4, 0.5) is 24.9 Å². The van der Waals surface area contributed by atoms with Crippen LogP contribution in [0.15, 0.2) is 30.3 Å². The minimum atomic E-state index is -4.32. The van der Waals surface area contributed by atoms with E-state index in [0.29, 0.717) is 44.1 Å². The molecule has 1 aromatic heterocycles. The smallest absolute Gasteiger partial charge is 0.368 e. The van der Waals surface area contributed by atoms with Crippen LogP contribution in [0.3, 0.4) is 0 Å². The molecule has 0 aliphatic carbocycles. The van der Waals surface area contributed by atoms with Crippen LogP contribution in [-0.2, 0) is 12.7 Å². The molecule has 0 saturated carbocycles. The Hall–Kier alpha value is -2.06. The molecule has 1 aliphatic rings. The van der Waals surface area contributed by atoms with Gasteiger partial charge >= 0.3 is 6.18 Å². The van der Waals surface area contributed by atoms with E-state index >= 15 is 0 Å². The predicted octanol–water partition coefficient (Wildman–Crippen LogP) is 3.05. The number of nitrogens with two attached hydrogens (primary N) is 1. The Balaban J connectivity index is 1.61. The quantitative estimate of drug-likeness (QED) is 0.840. The molecule has 2 heterocycles. The summed E-state index contributed by atoms with van der Waals surface area (Å²) in [5.41, 5.74) is 5.64. The topological polar surface area (TPSA) is 58.3 Å². The molecule has 2 N–H and O–H groups in total. The monoisotopic (exact) mass is 371 g/mol. The Kier molecular flexibility index (Phi) is 5.01. The van der Waals surface area contributed by atoms with Gasteiger partial charge in [0.25, 0.3) is 0 Å². The Bertz CT molecular complexity index is 725. The predicted molar refractivity (Wildman–Crippen MR) is 90.4 cm³/mol. The fourth-order valence-electron chi connectivity index (χ4n) is 2.82. The van der Waals surface area contributed by atoms with Gasteiger partial charge in [-0.15, -0.1) is 0 Å². The van der Waals surface area contributed by atoms with Crippen molar-refractivity contribution in [2.75, 3.05) is 36.8 Å². The number of aromatic nitrogens is 2. The van der Waals surface area contributed by atoms with Crippen molar-refractivity contribution in [3.63, 3.8) is 0 Å². The van der Waals surface area contributed by atoms with Gasteiger partial charge in [0.2, 0.25) is 5.95 Å². The fourth-order valence-corrected chi connectivity index (χ4v) is 3.01. The SMILES string of the molecule is Nc1nc(Cl)cc(N2CCN(Cc3cccc(C(F)(F)F)c3)CC2)n1. The van der Waals surface area contributed by atoms with Gasteiger partial charge in [-0.25, -0.2) is 4.98 Å². The number of halogens is 4. The lowest BCUT2D eigenvalue weighted by molar-refractivity contribution is -0.137. The largest absolute Gasteiger partial charge is 0.416 e. The first-order valence-corrected chi connectivity index (χ1v) is 8.12. The highest BCUT2D eigenvalue weighted by atomic mass is 35.5. The third-order valence-corrected chi connectivity index (χ3v) is 4.25. The van der Waals surface area contributed by atoms with Crippen LogP contribution < -0.4 is 10.6 Å². The van der Waals surface area contributed by atoms with E-state index < -0.39 is 11.7 Å². The van der Waals surface area contributed by atoms with Crippen molar-refractivity contribution >= 4 is 23.4 Å². The third-order valence-electron chi connectivity index (χ3n) is 4.06. The zero-order chi connectivity index (χ0) is 18.0. The van der Waals surface area contributed by atoms with Gasteiger partial charge in [-0.05, 0) is 11.6 Å². The van der Waals surface area contributed by atoms with E-state index in [4.69, 9.17) is 17.3 Å². The summed E-state index contributed by atoms with van der Waals surface area (Å²) in [6.45, 7) is 3.26. The number of benzene rings is 1. The Morgan fingerprint density at radius 2 is 1.80 bits per heavy atom. The number of hydrogen-bond acceptors (Lipinski definition) is 5. The zero-order valence-corrected chi connectivity index (χ0v) is 14.1. The minimum Gasteiger partial charge on any atom is -0.368 e. The fraction of sp³-hybridized carbons (Fsp3) is 0.375. The first-order chi connectivity index (χ1) is 11.8. The van der Waals surface area contributed by atoms with E-state index in [1.54, 1.807) is 12.1 Å². The molecule has 5 nitrogen and oxygen atoms in total. The summed E-state index contributed by atoms with van der Waals surface area (Å²) in [5, 5.41) is 0.286. The van der Waals surface area contributed by atoms with E-state index in [0.717, 1.165) is 6.07 Å². The maximum atomic E-state index is 12.8. The van der Waals surface area contributed by atoms with E-state index in [1.165, 1.54) is 12.1 Å². The molecule has 2 aromatic rings. The van der Waals surface area contributed by atoms with Crippen molar-refractivity contribution in [1.29, 1.82) is 0 Å². The van der Waals surface area contributed by atoms with Crippen LogP contribution in [0.25, 0.3) is 0 Å². The Morgan fingerprint density at radius 1 is 1.08 bits per heavy atom. The normalized spacial score (nSPS) is 16.2. The third kappa shape index (κ3) is 4.52. The van der Waals surface area contributed by atoms with Crippen LogP contribution in [-0.4, -0.2) is 41.0 Å². The maximum Gasteiger partial charge on any atom is 0.416 e. The summed E-state index contributed by atoms with van der Waals surface area (Å²) in [6.07, 6.45) is -4.32. The number of piperazine rings is 1. The van der Waals surface area contributed by atoms with Crippen molar-refractivity contribution in [3.05, 3.63) is 46.6 Å². The summed E-state index contributed by atoms with van der Waals surface area (Å²) in [5.74, 6) is 0.783. The van der Waals surface area contributed by atoms with Crippen LogP contribution in [0, 0.1) is 0 Å². The molecule has 0 radical (unpaired) electrons. The summed E-state index contributed by atoms with van der Waals surface area (Å²) < 4.78 is 38.4. The molecule has 134 valence electrons. The average molecular weight is 372 g/mol. The van der Waals surface area contributed by atoms with Crippen molar-refractivity contribution < 1.29 is 13.2 Å². The second-order valence-corrected chi connectivity index (χ2v) is 6.26. The maximum absolute atomic E-state index is 12.8. The van der Waals surface area contributed by atoms with E-state index in [2.05, 4.69) is 14.9 Å². The molecule has 1 fully saturated rings. The van der Waals surface area contributed by atoms with Crippen molar-refractivity contribution in [3.8, 4) is 0 Å². The summed E-state index contributed by atoms with van der Waals surface area (Å²) >= 11 is 5.90. The minimum absolute atomic E-state index is 0.119. The van der Waals surface area contributed by atoms with Crippen LogP contribution >= 0.6 is 11.6 Å². The number of rotatable bonds is 3. The van der Waals surface area contributed by atoms with Gasteiger partial charge in [0, 0.05) is 38.8 Å². The molecule has 0 bridgehead atoms. The molecule has 9 heteroatoms. The zero-order valence-electron chi connectivity index (χ0n) is 13.3. The van der Waals surface area contributed by atoms with E-state index in [9.17, 15) is 13.2 Å². The van der Waals surface area contributed by atoms with Gasteiger partial charge in [0.05, 0.1) is 5.56 Å². The molecular weight excluding hydrogens is 355 g/mol. The molecule has 0 unspecified atom stereocenters. The highest BCUT2D eigenvalue weighted by Crippen LogP contribution is 2.30. The first-order valence-electron chi connectivity index (χ1n) is 7.75. The molecule has 1 saturated heterocycles. The highest BCUT2D eigenvalue weighted by molar-refractivity contribution is 6.29. The molecule has 0 amide bonds. The molecule has 0 atom stereocenters. The van der Waals surface area contributed by atoms with Gasteiger partial charge in [-0.1, -0.05) is 29.8 Å². The Morgan fingerprint density at radius 3 is 2.44 bits per heavy atom. The summed E-state index contributed by atoms with van der Waals surface area (Å²) in [6, 6.07) is 7.11. The molecular formula is C16H17ClF3N5. The number of hydrogen-bond donors (Lipinski definition) is 1. The number of nitrogen functional groups attached to an aromatic ring is 1. The molecule has 25 heavy (non-hydrogen) atoms. The highest BCUT2D eigenvalue weighted by Gasteiger charge is 2.30. The van der Waals surface area contributed by atoms with Crippen molar-refractivity contribution in [1.82, 2.24) is 14.9 Å². The standard InChI is InChI=1S/C16H17ClF3N5/c17-13-9-14(23-15(21)22-13)25-6-4-24(5-7-25)10-11-2-1-3-12(8-11)16(18,19)20/h1-3,8-9H,4-7,10H2,(H2,21,22,23). The van der Waals surface area contributed by atoms with Crippen molar-refractivity contribution in [2.24, 2.45) is 0 Å². The second kappa shape index (κ2) is 7.05. The lowest BCUT2D eigenvalue weighted by Crippen LogP contribution is -2.46. The van der Waals surface area contributed by atoms with Gasteiger partial charge in [-0.2, -0.15) is 18.2 Å². The summed E-state index contributed by atoms with van der Waals surface area (Å²) in [7, 11) is 0. The van der Waals surface area contributed by atoms with Gasteiger partial charge in [0.1, 0.15) is 11.0 Å². The molecule has 1 aromatic carbocycles. The van der Waals surface area contributed by atoms with Crippen molar-refractivity contribution in [2.45, 2.75) is 12.7 Å². The Labute approximate surface area is 148 Å². The first kappa shape index (κ1) is 17.8. The van der Waals surface area contributed by atoms with Gasteiger partial charge < -0.3 is 10.6 Å². The lowest BCUT2D eigenvalue weighted by atomic mass is 10.1. The number of nitrogens with zero attached hydrogens (tertiary/aromatic N) is 4. The van der Waals surface area contributed by atoms with E-state index in [1.807, 2.05) is 4.90 Å². The molecule has 0 spiro atoms. The van der Waals surface area contributed by atoms with Crippen LogP contribution in [0.2, 0.25) is 5.15 Å². The van der Waals surface area contributed by atoms with E-state index in [-0.39, 0.29) is 11.1 Å². The van der Waals surface area contributed by atoms with Gasteiger partial charge in [0.15, 0.2) is 0 Å². The lowest BCUT2D eigenvalue weighted by Gasteiger charge is -2.35. The van der Waals surface area contributed by atoms with Crippen LogP contribution in [0.5, 0.6) is 0 Å². The number of anilines is 2. The van der Waals surface area contributed by atoms with Crippen LogP contribution in [0.1, 0.15) is 11.1 Å². The second-order valence-electron chi connectivity index (χ2n) is 5.87. The molecule has 1 aliphatic heterocycles. The summed E-state index contributed by atoms with van der Waals surface area (Å²) in [4.78, 5) is 12.1. The average Bonchev–Trinajstić information content (AvgIpc) is 2.54. The number of alkyl halides is 3.